The number of nitrogens with zero attached hydrogens (tertiary/aromatic N) is 1. The van der Waals surface area contributed by atoms with E-state index in [1.165, 1.54) is 11.3 Å². The molecule has 0 amide bonds. The molecule has 0 aliphatic heterocycles. The number of rotatable bonds is 8. The van der Waals surface area contributed by atoms with Crippen molar-refractivity contribution in [1.29, 1.82) is 0 Å². The van der Waals surface area contributed by atoms with Crippen molar-refractivity contribution in [1.82, 2.24) is 4.98 Å². The number of carbonyl (C=O) groups excluding carboxylic acids is 2. The van der Waals surface area contributed by atoms with Crippen molar-refractivity contribution in [3.8, 4) is 0 Å². The molecular weight excluding hydrogens is 278 g/mol. The fourth-order valence-electron chi connectivity index (χ4n) is 2.11. The fraction of sp³-hybridized carbons (Fsp3) is 0.643. The summed E-state index contributed by atoms with van der Waals surface area (Å²) in [7, 11) is 0. The van der Waals surface area contributed by atoms with Gasteiger partial charge in [0.25, 0.3) is 0 Å². The van der Waals surface area contributed by atoms with E-state index in [-0.39, 0.29) is 19.6 Å². The highest BCUT2D eigenvalue weighted by Gasteiger charge is 2.48. The van der Waals surface area contributed by atoms with Gasteiger partial charge in [-0.05, 0) is 20.3 Å². The lowest BCUT2D eigenvalue weighted by atomic mass is 9.79. The third kappa shape index (κ3) is 3.79. The van der Waals surface area contributed by atoms with Crippen LogP contribution in [0.15, 0.2) is 11.7 Å². The molecule has 20 heavy (non-hydrogen) atoms. The Hall–Kier alpha value is -1.43. The minimum atomic E-state index is -1.26. The molecule has 0 radical (unpaired) electrons. The van der Waals surface area contributed by atoms with Crippen LogP contribution in [0.1, 0.15) is 38.5 Å². The summed E-state index contributed by atoms with van der Waals surface area (Å²) in [6.45, 7) is 5.87. The first-order valence-corrected chi connectivity index (χ1v) is 7.70. The number of ether oxygens (including phenoxy) is 2. The van der Waals surface area contributed by atoms with Crippen LogP contribution in [0.25, 0.3) is 0 Å². The number of carbonyl (C=O) groups is 2. The largest absolute Gasteiger partial charge is 0.465 e. The zero-order chi connectivity index (χ0) is 15.0. The average Bonchev–Trinajstić information content (AvgIpc) is 2.91. The average molecular weight is 299 g/mol. The lowest BCUT2D eigenvalue weighted by Crippen LogP contribution is -2.43. The summed E-state index contributed by atoms with van der Waals surface area (Å²) < 4.78 is 10.2. The summed E-state index contributed by atoms with van der Waals surface area (Å²) in [5.74, 6) is -1.01. The first-order valence-electron chi connectivity index (χ1n) is 6.82. The molecule has 0 atom stereocenters. The number of hydrogen-bond acceptors (Lipinski definition) is 6. The minimum Gasteiger partial charge on any atom is -0.465 e. The molecule has 1 aromatic rings. The van der Waals surface area contributed by atoms with Crippen LogP contribution in [-0.2, 0) is 25.5 Å². The summed E-state index contributed by atoms with van der Waals surface area (Å²) in [5, 5.41) is 0. The minimum absolute atomic E-state index is 0.242. The zero-order valence-electron chi connectivity index (χ0n) is 12.2. The second kappa shape index (κ2) is 7.99. The van der Waals surface area contributed by atoms with Gasteiger partial charge >= 0.3 is 11.9 Å². The van der Waals surface area contributed by atoms with Crippen molar-refractivity contribution in [2.45, 2.75) is 40.0 Å². The lowest BCUT2D eigenvalue weighted by Gasteiger charge is -2.28. The third-order valence-corrected chi connectivity index (χ3v) is 3.75. The van der Waals surface area contributed by atoms with Crippen molar-refractivity contribution in [2.75, 3.05) is 13.2 Å². The van der Waals surface area contributed by atoms with Crippen molar-refractivity contribution in [2.24, 2.45) is 5.41 Å². The van der Waals surface area contributed by atoms with Crippen molar-refractivity contribution in [3.63, 3.8) is 0 Å². The molecule has 0 bridgehead atoms. The van der Waals surface area contributed by atoms with Crippen LogP contribution < -0.4 is 0 Å². The summed E-state index contributed by atoms with van der Waals surface area (Å²) in [4.78, 5) is 29.6. The summed E-state index contributed by atoms with van der Waals surface area (Å²) in [6.07, 6.45) is 3.05. The van der Waals surface area contributed by atoms with E-state index in [1.807, 2.05) is 6.92 Å². The number of esters is 2. The van der Waals surface area contributed by atoms with E-state index in [4.69, 9.17) is 9.47 Å². The Morgan fingerprint density at radius 3 is 2.20 bits per heavy atom. The lowest BCUT2D eigenvalue weighted by molar-refractivity contribution is -0.172. The van der Waals surface area contributed by atoms with Crippen LogP contribution in [0.5, 0.6) is 0 Å². The van der Waals surface area contributed by atoms with E-state index >= 15 is 0 Å². The van der Waals surface area contributed by atoms with E-state index < -0.39 is 17.4 Å². The second-order valence-electron chi connectivity index (χ2n) is 4.42. The van der Waals surface area contributed by atoms with Gasteiger partial charge in [-0.15, -0.1) is 11.3 Å². The van der Waals surface area contributed by atoms with Gasteiger partial charge in [-0.1, -0.05) is 13.3 Å². The predicted octanol–water partition coefficient (Wildman–Crippen LogP) is 2.60. The van der Waals surface area contributed by atoms with Gasteiger partial charge in [0.15, 0.2) is 5.41 Å². The van der Waals surface area contributed by atoms with Crippen LogP contribution in [0.2, 0.25) is 0 Å². The van der Waals surface area contributed by atoms with E-state index in [2.05, 4.69) is 4.98 Å². The Bertz CT molecular complexity index is 412. The molecule has 0 aliphatic rings. The van der Waals surface area contributed by atoms with Gasteiger partial charge < -0.3 is 9.47 Å². The third-order valence-electron chi connectivity index (χ3n) is 2.97. The van der Waals surface area contributed by atoms with Crippen LogP contribution >= 0.6 is 11.3 Å². The number of aromatic nitrogens is 1. The normalized spacial score (nSPS) is 11.2. The van der Waals surface area contributed by atoms with Gasteiger partial charge in [0.05, 0.1) is 18.7 Å². The molecule has 0 N–H and O–H groups in total. The first kappa shape index (κ1) is 16.6. The summed E-state index contributed by atoms with van der Waals surface area (Å²) >= 11 is 1.42. The van der Waals surface area contributed by atoms with Crippen LogP contribution in [0.3, 0.4) is 0 Å². The Morgan fingerprint density at radius 1 is 1.20 bits per heavy atom. The zero-order valence-corrected chi connectivity index (χ0v) is 13.0. The highest BCUT2D eigenvalue weighted by Crippen LogP contribution is 2.33. The molecule has 0 aromatic carbocycles. The Morgan fingerprint density at radius 2 is 1.80 bits per heavy atom. The van der Waals surface area contributed by atoms with Gasteiger partial charge in [-0.25, -0.2) is 0 Å². The highest BCUT2D eigenvalue weighted by molar-refractivity contribution is 7.09. The van der Waals surface area contributed by atoms with Gasteiger partial charge in [0.2, 0.25) is 0 Å². The predicted molar refractivity (Wildman–Crippen MR) is 76.4 cm³/mol. The number of thiazole rings is 1. The molecule has 0 aliphatic carbocycles. The van der Waals surface area contributed by atoms with Gasteiger partial charge in [0, 0.05) is 17.5 Å². The molecular formula is C14H21NO4S. The smallest absolute Gasteiger partial charge is 0.323 e. The summed E-state index contributed by atoms with van der Waals surface area (Å²) in [6, 6.07) is 0. The van der Waals surface area contributed by atoms with Gasteiger partial charge in [-0.2, -0.15) is 0 Å². The quantitative estimate of drug-likeness (QED) is 0.545. The van der Waals surface area contributed by atoms with Crippen LogP contribution in [0.4, 0.5) is 0 Å². The molecule has 0 saturated heterocycles. The van der Waals surface area contributed by atoms with E-state index in [9.17, 15) is 9.59 Å². The van der Waals surface area contributed by atoms with E-state index in [1.54, 1.807) is 25.6 Å². The second-order valence-corrected chi connectivity index (χ2v) is 5.39. The topological polar surface area (TPSA) is 65.5 Å². The maximum Gasteiger partial charge on any atom is 0.323 e. The monoisotopic (exact) mass is 299 g/mol. The van der Waals surface area contributed by atoms with E-state index in [0.29, 0.717) is 12.8 Å². The molecule has 112 valence electrons. The molecule has 5 nitrogen and oxygen atoms in total. The Kier molecular flexibility index (Phi) is 6.64. The van der Waals surface area contributed by atoms with Crippen LogP contribution in [-0.4, -0.2) is 30.1 Å². The Labute approximate surface area is 123 Å². The van der Waals surface area contributed by atoms with Crippen molar-refractivity contribution >= 4 is 23.3 Å². The maximum absolute atomic E-state index is 12.4. The molecule has 1 aromatic heterocycles. The van der Waals surface area contributed by atoms with Gasteiger partial charge in [-0.3, -0.25) is 14.6 Å². The van der Waals surface area contributed by atoms with E-state index in [0.717, 1.165) is 4.88 Å². The molecule has 6 heteroatoms. The number of hydrogen-bond donors (Lipinski definition) is 0. The van der Waals surface area contributed by atoms with Crippen LogP contribution in [0, 0.1) is 5.41 Å². The maximum atomic E-state index is 12.4. The molecule has 0 fully saturated rings. The Balaban J connectivity index is 3.10. The molecule has 0 spiro atoms. The SMILES string of the molecule is CCCC(Cc1cncs1)(C(=O)OCC)C(=O)OCC. The molecule has 1 rings (SSSR count). The fourth-order valence-corrected chi connectivity index (χ4v) is 2.82. The molecule has 0 saturated carbocycles. The van der Waals surface area contributed by atoms with Crippen molar-refractivity contribution < 1.29 is 19.1 Å². The first-order chi connectivity index (χ1) is 9.60. The van der Waals surface area contributed by atoms with Crippen molar-refractivity contribution in [3.05, 3.63) is 16.6 Å². The standard InChI is InChI=1S/C14H21NO4S/c1-4-7-14(12(16)18-5-2,13(17)19-6-3)8-11-9-15-10-20-11/h9-10H,4-8H2,1-3H3. The molecule has 0 unspecified atom stereocenters. The summed E-state index contributed by atoms with van der Waals surface area (Å²) in [5.41, 5.74) is 0.426. The van der Waals surface area contributed by atoms with Gasteiger partial charge in [0.1, 0.15) is 0 Å². The molecule has 1 heterocycles. The highest BCUT2D eigenvalue weighted by atomic mass is 32.1.